The SMILES string of the molecule is CCn1c(COc2ccc(F)cc2)nnc1SCc1cccc(Br)c1. The van der Waals surface area contributed by atoms with Crippen LogP contribution in [0.4, 0.5) is 4.39 Å². The van der Waals surface area contributed by atoms with Crippen molar-refractivity contribution in [2.45, 2.75) is 31.0 Å². The average Bonchev–Trinajstić information content (AvgIpc) is 3.01. The van der Waals surface area contributed by atoms with Gasteiger partial charge < -0.3 is 9.30 Å². The molecule has 0 aliphatic rings. The zero-order valence-electron chi connectivity index (χ0n) is 13.7. The van der Waals surface area contributed by atoms with Gasteiger partial charge in [0.2, 0.25) is 0 Å². The molecular weight excluding hydrogens is 405 g/mol. The second-order valence-electron chi connectivity index (χ2n) is 5.30. The number of hydrogen-bond donors (Lipinski definition) is 0. The van der Waals surface area contributed by atoms with Crippen LogP contribution < -0.4 is 4.74 Å². The Morgan fingerprint density at radius 1 is 1.16 bits per heavy atom. The van der Waals surface area contributed by atoms with Crippen molar-refractivity contribution in [3.05, 3.63) is 70.2 Å². The van der Waals surface area contributed by atoms with Gasteiger partial charge in [-0.3, -0.25) is 0 Å². The summed E-state index contributed by atoms with van der Waals surface area (Å²) in [6, 6.07) is 14.2. The van der Waals surface area contributed by atoms with E-state index in [9.17, 15) is 4.39 Å². The molecule has 0 saturated carbocycles. The number of thioether (sulfide) groups is 1. The van der Waals surface area contributed by atoms with Crippen LogP contribution in [-0.2, 0) is 18.9 Å². The Balaban J connectivity index is 1.64. The lowest BCUT2D eigenvalue weighted by Gasteiger charge is -2.09. The summed E-state index contributed by atoms with van der Waals surface area (Å²) in [5, 5.41) is 9.37. The van der Waals surface area contributed by atoms with Crippen LogP contribution in [0.25, 0.3) is 0 Å². The summed E-state index contributed by atoms with van der Waals surface area (Å²) in [5.74, 6) is 1.89. The highest BCUT2D eigenvalue weighted by molar-refractivity contribution is 9.10. The molecule has 0 saturated heterocycles. The number of aromatic nitrogens is 3. The molecule has 0 spiro atoms. The van der Waals surface area contributed by atoms with Crippen molar-refractivity contribution >= 4 is 27.7 Å². The van der Waals surface area contributed by atoms with Gasteiger partial charge in [-0.25, -0.2) is 4.39 Å². The van der Waals surface area contributed by atoms with E-state index < -0.39 is 0 Å². The Hall–Kier alpha value is -1.86. The number of rotatable bonds is 7. The Labute approximate surface area is 158 Å². The van der Waals surface area contributed by atoms with E-state index in [1.165, 1.54) is 17.7 Å². The summed E-state index contributed by atoms with van der Waals surface area (Å²) < 4.78 is 21.7. The molecule has 130 valence electrons. The van der Waals surface area contributed by atoms with E-state index in [2.05, 4.69) is 38.3 Å². The molecule has 0 aliphatic carbocycles. The zero-order valence-corrected chi connectivity index (χ0v) is 16.1. The van der Waals surface area contributed by atoms with Crippen LogP contribution in [0, 0.1) is 5.82 Å². The quantitative estimate of drug-likeness (QED) is 0.499. The molecule has 25 heavy (non-hydrogen) atoms. The maximum absolute atomic E-state index is 12.9. The van der Waals surface area contributed by atoms with Gasteiger partial charge in [0.15, 0.2) is 11.0 Å². The zero-order chi connectivity index (χ0) is 17.6. The van der Waals surface area contributed by atoms with Crippen molar-refractivity contribution in [2.24, 2.45) is 0 Å². The van der Waals surface area contributed by atoms with Crippen molar-refractivity contribution in [3.63, 3.8) is 0 Å². The van der Waals surface area contributed by atoms with Gasteiger partial charge in [0.05, 0.1) is 0 Å². The molecule has 1 heterocycles. The Bertz CT molecular complexity index is 839. The molecule has 4 nitrogen and oxygen atoms in total. The molecule has 3 aromatic rings. The van der Waals surface area contributed by atoms with E-state index in [1.807, 2.05) is 23.6 Å². The largest absolute Gasteiger partial charge is 0.486 e. The third kappa shape index (κ3) is 4.83. The molecule has 0 atom stereocenters. The Kier molecular flexibility index (Phi) is 6.09. The van der Waals surface area contributed by atoms with Gasteiger partial charge in [-0.2, -0.15) is 0 Å². The van der Waals surface area contributed by atoms with Gasteiger partial charge in [-0.15, -0.1) is 10.2 Å². The van der Waals surface area contributed by atoms with Gasteiger partial charge in [0.1, 0.15) is 18.2 Å². The fourth-order valence-electron chi connectivity index (χ4n) is 2.30. The van der Waals surface area contributed by atoms with E-state index in [4.69, 9.17) is 4.74 Å². The minimum Gasteiger partial charge on any atom is -0.486 e. The van der Waals surface area contributed by atoms with Gasteiger partial charge in [-0.05, 0) is 48.9 Å². The second kappa shape index (κ2) is 8.49. The molecule has 7 heteroatoms. The van der Waals surface area contributed by atoms with Crippen LogP contribution in [0.3, 0.4) is 0 Å². The molecule has 0 N–H and O–H groups in total. The van der Waals surface area contributed by atoms with Crippen molar-refractivity contribution < 1.29 is 9.13 Å². The lowest BCUT2D eigenvalue weighted by Crippen LogP contribution is -2.07. The first-order valence-corrected chi connectivity index (χ1v) is 9.61. The van der Waals surface area contributed by atoms with Crippen LogP contribution in [0.1, 0.15) is 18.3 Å². The fraction of sp³-hybridized carbons (Fsp3) is 0.222. The van der Waals surface area contributed by atoms with Crippen molar-refractivity contribution in [2.75, 3.05) is 0 Å². The van der Waals surface area contributed by atoms with Gasteiger partial charge in [0, 0.05) is 16.8 Å². The van der Waals surface area contributed by atoms with Crippen LogP contribution >= 0.6 is 27.7 Å². The predicted octanol–water partition coefficient (Wildman–Crippen LogP) is 5.07. The molecule has 0 aliphatic heterocycles. The highest BCUT2D eigenvalue weighted by Gasteiger charge is 2.12. The summed E-state index contributed by atoms with van der Waals surface area (Å²) in [6.07, 6.45) is 0. The first-order valence-electron chi connectivity index (χ1n) is 7.83. The summed E-state index contributed by atoms with van der Waals surface area (Å²) in [7, 11) is 0. The first-order chi connectivity index (χ1) is 12.2. The molecular formula is C18H17BrFN3OS. The van der Waals surface area contributed by atoms with Crippen molar-refractivity contribution in [1.82, 2.24) is 14.8 Å². The summed E-state index contributed by atoms with van der Waals surface area (Å²) in [4.78, 5) is 0. The second-order valence-corrected chi connectivity index (χ2v) is 7.16. The predicted molar refractivity (Wildman–Crippen MR) is 100 cm³/mol. The van der Waals surface area contributed by atoms with Crippen LogP contribution in [0.2, 0.25) is 0 Å². The first kappa shape index (κ1) is 17.9. The smallest absolute Gasteiger partial charge is 0.191 e. The van der Waals surface area contributed by atoms with Crippen LogP contribution in [0.5, 0.6) is 5.75 Å². The summed E-state index contributed by atoms with van der Waals surface area (Å²) in [6.45, 7) is 3.10. The molecule has 2 aromatic carbocycles. The van der Waals surface area contributed by atoms with Crippen molar-refractivity contribution in [3.8, 4) is 5.75 Å². The number of hydrogen-bond acceptors (Lipinski definition) is 4. The number of benzene rings is 2. The maximum Gasteiger partial charge on any atom is 0.191 e. The maximum atomic E-state index is 12.9. The van der Waals surface area contributed by atoms with Crippen molar-refractivity contribution in [1.29, 1.82) is 0 Å². The fourth-order valence-corrected chi connectivity index (χ4v) is 3.71. The number of nitrogens with zero attached hydrogens (tertiary/aromatic N) is 3. The minimum absolute atomic E-state index is 0.282. The Morgan fingerprint density at radius 3 is 2.68 bits per heavy atom. The van der Waals surface area contributed by atoms with E-state index in [1.54, 1.807) is 23.9 Å². The molecule has 0 bridgehead atoms. The van der Waals surface area contributed by atoms with E-state index in [0.29, 0.717) is 12.4 Å². The highest BCUT2D eigenvalue weighted by atomic mass is 79.9. The highest BCUT2D eigenvalue weighted by Crippen LogP contribution is 2.24. The number of ether oxygens (including phenoxy) is 1. The van der Waals surface area contributed by atoms with E-state index in [0.717, 1.165) is 27.8 Å². The lowest BCUT2D eigenvalue weighted by molar-refractivity contribution is 0.288. The molecule has 0 radical (unpaired) electrons. The number of halogens is 2. The average molecular weight is 422 g/mol. The lowest BCUT2D eigenvalue weighted by atomic mass is 10.2. The van der Waals surface area contributed by atoms with Crippen LogP contribution in [-0.4, -0.2) is 14.8 Å². The summed E-state index contributed by atoms with van der Waals surface area (Å²) >= 11 is 5.13. The Morgan fingerprint density at radius 2 is 1.96 bits per heavy atom. The van der Waals surface area contributed by atoms with E-state index >= 15 is 0 Å². The molecule has 0 fully saturated rings. The standard InChI is InChI=1S/C18H17BrFN3OS/c1-2-23-17(11-24-16-8-6-15(20)7-9-16)21-22-18(23)25-12-13-4-3-5-14(19)10-13/h3-10H,2,11-12H2,1H3. The third-order valence-corrected chi connectivity index (χ3v) is 5.08. The van der Waals surface area contributed by atoms with Gasteiger partial charge in [0.25, 0.3) is 0 Å². The normalized spacial score (nSPS) is 10.8. The molecule has 0 amide bonds. The third-order valence-electron chi connectivity index (χ3n) is 3.55. The van der Waals surface area contributed by atoms with Gasteiger partial charge in [-0.1, -0.05) is 39.8 Å². The minimum atomic E-state index is -0.282. The topological polar surface area (TPSA) is 39.9 Å². The monoisotopic (exact) mass is 421 g/mol. The van der Waals surface area contributed by atoms with Crippen LogP contribution in [0.15, 0.2) is 58.2 Å². The van der Waals surface area contributed by atoms with Gasteiger partial charge >= 0.3 is 0 Å². The molecule has 3 rings (SSSR count). The summed E-state index contributed by atoms with van der Waals surface area (Å²) in [5.41, 5.74) is 1.22. The van der Waals surface area contributed by atoms with E-state index in [-0.39, 0.29) is 5.82 Å². The molecule has 0 unspecified atom stereocenters. The molecule has 1 aromatic heterocycles.